The Bertz CT molecular complexity index is 388. The summed E-state index contributed by atoms with van der Waals surface area (Å²) in [5.74, 6) is -0.112. The fourth-order valence-corrected chi connectivity index (χ4v) is 1.55. The van der Waals surface area contributed by atoms with E-state index in [1.165, 1.54) is 6.92 Å². The Morgan fingerprint density at radius 2 is 2.07 bits per heavy atom. The highest BCUT2D eigenvalue weighted by molar-refractivity contribution is 14.1. The van der Waals surface area contributed by atoms with Crippen molar-refractivity contribution in [2.24, 2.45) is 0 Å². The van der Waals surface area contributed by atoms with E-state index in [1.807, 2.05) is 22.6 Å². The summed E-state index contributed by atoms with van der Waals surface area (Å²) in [6, 6.07) is 4.79. The van der Waals surface area contributed by atoms with E-state index >= 15 is 0 Å². The molecule has 1 aromatic carbocycles. The van der Waals surface area contributed by atoms with Crippen LogP contribution in [0.25, 0.3) is 0 Å². The first-order valence-electron chi connectivity index (χ1n) is 4.06. The molecule has 1 aromatic rings. The molecule has 0 spiro atoms. The third-order valence-electron chi connectivity index (χ3n) is 1.88. The molecule has 74 valence electrons. The van der Waals surface area contributed by atoms with Crippen LogP contribution < -0.4 is 5.73 Å². The van der Waals surface area contributed by atoms with Crippen LogP contribution in [-0.2, 0) is 0 Å². The highest BCUT2D eigenvalue weighted by Gasteiger charge is 2.09. The third kappa shape index (κ3) is 2.31. The van der Waals surface area contributed by atoms with Crippen molar-refractivity contribution in [1.82, 2.24) is 0 Å². The van der Waals surface area contributed by atoms with Gasteiger partial charge in [0.2, 0.25) is 0 Å². The summed E-state index contributed by atoms with van der Waals surface area (Å²) in [5, 5.41) is 0. The van der Waals surface area contributed by atoms with Crippen molar-refractivity contribution >= 4 is 39.8 Å². The van der Waals surface area contributed by atoms with Crippen LogP contribution in [0.2, 0.25) is 0 Å². The fraction of sp³-hybridized carbons (Fsp3) is 0.200. The number of Topliss-reactive ketones (excluding diaryl/α,β-unsaturated/α-hetero) is 2. The molecule has 0 amide bonds. The van der Waals surface area contributed by atoms with Crippen LogP contribution in [0.5, 0.6) is 0 Å². The van der Waals surface area contributed by atoms with Crippen molar-refractivity contribution in [2.75, 3.05) is 10.2 Å². The second-order valence-corrected chi connectivity index (χ2v) is 3.68. The first-order chi connectivity index (χ1) is 6.56. The van der Waals surface area contributed by atoms with E-state index in [2.05, 4.69) is 0 Å². The Balaban J connectivity index is 3.19. The van der Waals surface area contributed by atoms with Crippen molar-refractivity contribution in [3.8, 4) is 0 Å². The highest BCUT2D eigenvalue weighted by atomic mass is 127. The predicted octanol–water partition coefficient (Wildman–Crippen LogP) is 2.09. The molecule has 0 saturated heterocycles. The summed E-state index contributed by atoms with van der Waals surface area (Å²) in [7, 11) is 0. The molecule has 4 heteroatoms. The van der Waals surface area contributed by atoms with Gasteiger partial charge in [0, 0.05) is 16.8 Å². The Hall–Kier alpha value is -0.910. The topological polar surface area (TPSA) is 60.2 Å². The lowest BCUT2D eigenvalue weighted by atomic mass is 10.0. The van der Waals surface area contributed by atoms with Gasteiger partial charge in [-0.2, -0.15) is 0 Å². The highest BCUT2D eigenvalue weighted by Crippen LogP contribution is 2.15. The molecule has 2 N–H and O–H groups in total. The van der Waals surface area contributed by atoms with E-state index in [-0.39, 0.29) is 11.6 Å². The molecule has 0 aliphatic heterocycles. The molecule has 0 unspecified atom stereocenters. The number of nitrogens with two attached hydrogens (primary N) is 1. The number of rotatable bonds is 3. The first kappa shape index (κ1) is 11.2. The largest absolute Gasteiger partial charge is 0.398 e. The molecule has 0 radical (unpaired) electrons. The van der Waals surface area contributed by atoms with Gasteiger partial charge in [-0.05, 0) is 25.1 Å². The summed E-state index contributed by atoms with van der Waals surface area (Å²) < 4.78 is 0.402. The van der Waals surface area contributed by atoms with Crippen LogP contribution in [0.1, 0.15) is 27.6 Å². The Labute approximate surface area is 95.8 Å². The Kier molecular flexibility index (Phi) is 3.62. The maximum atomic E-state index is 11.3. The SMILES string of the molecule is CC(=O)c1cc(C(=O)CI)ccc1N. The monoisotopic (exact) mass is 303 g/mol. The molecule has 0 aliphatic carbocycles. The molecule has 0 fully saturated rings. The molecule has 0 aromatic heterocycles. The van der Waals surface area contributed by atoms with Crippen LogP contribution >= 0.6 is 22.6 Å². The number of hydrogen-bond acceptors (Lipinski definition) is 3. The summed E-state index contributed by atoms with van der Waals surface area (Å²) in [6.45, 7) is 1.43. The van der Waals surface area contributed by atoms with E-state index in [1.54, 1.807) is 18.2 Å². The predicted molar refractivity (Wildman–Crippen MR) is 64.1 cm³/mol. The van der Waals surface area contributed by atoms with Gasteiger partial charge in [0.1, 0.15) is 0 Å². The zero-order valence-corrected chi connectivity index (χ0v) is 9.87. The van der Waals surface area contributed by atoms with E-state index in [9.17, 15) is 9.59 Å². The van der Waals surface area contributed by atoms with Crippen LogP contribution in [0.3, 0.4) is 0 Å². The maximum absolute atomic E-state index is 11.3. The molecule has 0 heterocycles. The lowest BCUT2D eigenvalue weighted by Crippen LogP contribution is -2.05. The standard InChI is InChI=1S/C10H10INO2/c1-6(13)8-4-7(10(14)5-11)2-3-9(8)12/h2-4H,5,12H2,1H3. The van der Waals surface area contributed by atoms with Gasteiger partial charge in [0.15, 0.2) is 11.6 Å². The first-order valence-corrected chi connectivity index (χ1v) is 5.58. The number of benzene rings is 1. The Morgan fingerprint density at radius 1 is 1.43 bits per heavy atom. The summed E-state index contributed by atoms with van der Waals surface area (Å²) in [5.41, 5.74) is 6.97. The molecule has 0 atom stereocenters. The lowest BCUT2D eigenvalue weighted by molar-refractivity contribution is 0.101. The molecule has 1 rings (SSSR count). The molecular weight excluding hydrogens is 293 g/mol. The lowest BCUT2D eigenvalue weighted by Gasteiger charge is -2.03. The van der Waals surface area contributed by atoms with Gasteiger partial charge < -0.3 is 5.73 Å². The summed E-state index contributed by atoms with van der Waals surface area (Å²) >= 11 is 1.99. The van der Waals surface area contributed by atoms with Crippen LogP contribution in [0.4, 0.5) is 5.69 Å². The van der Waals surface area contributed by atoms with E-state index in [4.69, 9.17) is 5.73 Å². The van der Waals surface area contributed by atoms with Crippen LogP contribution in [0, 0.1) is 0 Å². The zero-order chi connectivity index (χ0) is 10.7. The number of hydrogen-bond donors (Lipinski definition) is 1. The number of nitrogen functional groups attached to an aromatic ring is 1. The van der Waals surface area contributed by atoms with Crippen LogP contribution in [0.15, 0.2) is 18.2 Å². The van der Waals surface area contributed by atoms with Crippen molar-refractivity contribution in [3.05, 3.63) is 29.3 Å². The van der Waals surface area contributed by atoms with E-state index in [0.29, 0.717) is 21.2 Å². The molecule has 0 saturated carbocycles. The van der Waals surface area contributed by atoms with Crippen molar-refractivity contribution in [2.45, 2.75) is 6.92 Å². The second-order valence-electron chi connectivity index (χ2n) is 2.92. The quantitative estimate of drug-likeness (QED) is 0.402. The second kappa shape index (κ2) is 4.54. The Morgan fingerprint density at radius 3 is 2.57 bits per heavy atom. The van der Waals surface area contributed by atoms with Gasteiger partial charge in [-0.15, -0.1) is 0 Å². The molecule has 3 nitrogen and oxygen atoms in total. The normalized spacial score (nSPS) is 9.86. The molecule has 0 bridgehead atoms. The average molecular weight is 303 g/mol. The number of halogens is 1. The number of alkyl halides is 1. The number of carbonyl (C=O) groups is 2. The van der Waals surface area contributed by atoms with Gasteiger partial charge in [0.25, 0.3) is 0 Å². The molecule has 14 heavy (non-hydrogen) atoms. The fourth-order valence-electron chi connectivity index (χ4n) is 1.11. The smallest absolute Gasteiger partial charge is 0.172 e. The number of ketones is 2. The van der Waals surface area contributed by atoms with Gasteiger partial charge in [-0.3, -0.25) is 9.59 Å². The van der Waals surface area contributed by atoms with Gasteiger partial charge in [-0.25, -0.2) is 0 Å². The molecular formula is C10H10INO2. The minimum atomic E-state index is -0.120. The van der Waals surface area contributed by atoms with Crippen molar-refractivity contribution in [1.29, 1.82) is 0 Å². The van der Waals surface area contributed by atoms with E-state index < -0.39 is 0 Å². The van der Waals surface area contributed by atoms with E-state index in [0.717, 1.165) is 0 Å². The molecule has 0 aliphatic rings. The van der Waals surface area contributed by atoms with Gasteiger partial charge >= 0.3 is 0 Å². The summed E-state index contributed by atoms with van der Waals surface area (Å²) in [6.07, 6.45) is 0. The minimum absolute atomic E-state index is 0.00750. The number of carbonyl (C=O) groups excluding carboxylic acids is 2. The van der Waals surface area contributed by atoms with Crippen LogP contribution in [-0.4, -0.2) is 16.0 Å². The summed E-state index contributed by atoms with van der Waals surface area (Å²) in [4.78, 5) is 22.5. The average Bonchev–Trinajstić information content (AvgIpc) is 2.17. The zero-order valence-electron chi connectivity index (χ0n) is 7.71. The van der Waals surface area contributed by atoms with Gasteiger partial charge in [0.05, 0.1) is 4.43 Å². The van der Waals surface area contributed by atoms with Crippen molar-refractivity contribution < 1.29 is 9.59 Å². The van der Waals surface area contributed by atoms with Gasteiger partial charge in [-0.1, -0.05) is 22.6 Å². The maximum Gasteiger partial charge on any atom is 0.172 e. The third-order valence-corrected chi connectivity index (χ3v) is 2.57. The minimum Gasteiger partial charge on any atom is -0.398 e. The number of anilines is 1. The van der Waals surface area contributed by atoms with Crippen molar-refractivity contribution in [3.63, 3.8) is 0 Å².